The van der Waals surface area contributed by atoms with E-state index in [4.69, 9.17) is 21.1 Å². The van der Waals surface area contributed by atoms with Crippen molar-refractivity contribution in [2.45, 2.75) is 25.3 Å². The molecule has 1 saturated heterocycles. The maximum Gasteiger partial charge on any atom is 0.283 e. The average molecular weight is 450 g/mol. The Bertz CT molecular complexity index is 1050. The Morgan fingerprint density at radius 3 is 2.80 bits per heavy atom. The molecule has 3 aromatic rings. The normalized spacial score (nSPS) is 14.6. The van der Waals surface area contributed by atoms with Crippen LogP contribution in [0.3, 0.4) is 0 Å². The zero-order valence-electron chi connectivity index (χ0n) is 16.4. The fourth-order valence-electron chi connectivity index (χ4n) is 3.50. The number of halogens is 2. The number of carbonyl (C=O) groups excluding carboxylic acids is 1. The number of hydrogen-bond donors (Lipinski definition) is 1. The molecule has 30 heavy (non-hydrogen) atoms. The van der Waals surface area contributed by atoms with Gasteiger partial charge >= 0.3 is 0 Å². The number of thiophene rings is 1. The largest absolute Gasteiger partial charge is 0.496 e. The minimum absolute atomic E-state index is 0.0388. The van der Waals surface area contributed by atoms with Gasteiger partial charge in [0.1, 0.15) is 11.4 Å². The molecule has 9 heteroatoms. The summed E-state index contributed by atoms with van der Waals surface area (Å²) < 4.78 is 27.9. The van der Waals surface area contributed by atoms with Crippen LogP contribution in [0.25, 0.3) is 0 Å². The molecule has 1 aliphatic rings. The summed E-state index contributed by atoms with van der Waals surface area (Å²) in [6.45, 7) is 1.42. The maximum atomic E-state index is 15.5. The molecule has 0 bridgehead atoms. The van der Waals surface area contributed by atoms with Crippen molar-refractivity contribution in [3.05, 3.63) is 62.7 Å². The molecular formula is C21H21ClFN3O3S. The van der Waals surface area contributed by atoms with Gasteiger partial charge in [0.25, 0.3) is 5.91 Å². The Hall–Kier alpha value is -2.42. The number of nitrogens with zero attached hydrogens (tertiary/aromatic N) is 2. The Morgan fingerprint density at radius 1 is 1.33 bits per heavy atom. The molecule has 0 aliphatic carbocycles. The second kappa shape index (κ2) is 9.16. The average Bonchev–Trinajstić information content (AvgIpc) is 3.35. The number of benzene rings is 1. The van der Waals surface area contributed by atoms with Gasteiger partial charge in [-0.05, 0) is 37.1 Å². The summed E-state index contributed by atoms with van der Waals surface area (Å²) in [5, 5.41) is 7.44. The number of nitrogens with one attached hydrogen (secondary N) is 1. The van der Waals surface area contributed by atoms with E-state index in [9.17, 15) is 4.79 Å². The van der Waals surface area contributed by atoms with Crippen molar-refractivity contribution in [2.24, 2.45) is 0 Å². The monoisotopic (exact) mass is 449 g/mol. The van der Waals surface area contributed by atoms with E-state index in [2.05, 4.69) is 10.4 Å². The molecule has 1 N–H and O–H groups in total. The number of methoxy groups -OCH3 is 1. The fraction of sp³-hybridized carbons (Fsp3) is 0.333. The first kappa shape index (κ1) is 20.8. The van der Waals surface area contributed by atoms with Crippen LogP contribution in [0, 0.1) is 5.82 Å². The van der Waals surface area contributed by atoms with Crippen LogP contribution < -0.4 is 10.1 Å². The van der Waals surface area contributed by atoms with Crippen LogP contribution in [0.5, 0.6) is 5.75 Å². The van der Waals surface area contributed by atoms with Gasteiger partial charge in [-0.15, -0.1) is 11.3 Å². The van der Waals surface area contributed by atoms with E-state index in [0.29, 0.717) is 48.2 Å². The van der Waals surface area contributed by atoms with Crippen molar-refractivity contribution < 1.29 is 18.7 Å². The van der Waals surface area contributed by atoms with E-state index in [1.807, 2.05) is 6.07 Å². The van der Waals surface area contributed by atoms with Crippen LogP contribution in [0.2, 0.25) is 4.34 Å². The van der Waals surface area contributed by atoms with Crippen molar-refractivity contribution in [3.63, 3.8) is 0 Å². The number of hydrogen-bond acceptors (Lipinski definition) is 6. The third-order valence-electron chi connectivity index (χ3n) is 5.05. The van der Waals surface area contributed by atoms with Gasteiger partial charge in [0.2, 0.25) is 0 Å². The van der Waals surface area contributed by atoms with E-state index in [1.165, 1.54) is 18.4 Å². The van der Waals surface area contributed by atoms with Gasteiger partial charge in [-0.25, -0.2) is 4.39 Å². The van der Waals surface area contributed by atoms with E-state index in [0.717, 1.165) is 9.56 Å². The third-order valence-corrected chi connectivity index (χ3v) is 6.28. The lowest BCUT2D eigenvalue weighted by molar-refractivity contribution is 0.0834. The molecular weight excluding hydrogens is 429 g/mol. The third kappa shape index (κ3) is 4.21. The number of carbonyl (C=O) groups is 1. The molecule has 0 unspecified atom stereocenters. The van der Waals surface area contributed by atoms with E-state index in [-0.39, 0.29) is 17.4 Å². The molecule has 0 radical (unpaired) electrons. The molecule has 0 atom stereocenters. The topological polar surface area (TPSA) is 65.4 Å². The van der Waals surface area contributed by atoms with Gasteiger partial charge < -0.3 is 14.8 Å². The molecule has 0 saturated carbocycles. The highest BCUT2D eigenvalue weighted by atomic mass is 35.5. The van der Waals surface area contributed by atoms with Gasteiger partial charge in [0.15, 0.2) is 11.6 Å². The number of rotatable bonds is 6. The van der Waals surface area contributed by atoms with Gasteiger partial charge in [0.05, 0.1) is 23.6 Å². The van der Waals surface area contributed by atoms with Crippen LogP contribution in [-0.4, -0.2) is 36.0 Å². The van der Waals surface area contributed by atoms with Gasteiger partial charge in [0, 0.05) is 24.0 Å². The van der Waals surface area contributed by atoms with Crippen LogP contribution in [0.15, 0.2) is 36.4 Å². The molecule has 158 valence electrons. The van der Waals surface area contributed by atoms with E-state index in [1.54, 1.807) is 30.3 Å². The first-order valence-corrected chi connectivity index (χ1v) is 10.8. The molecule has 3 heterocycles. The lowest BCUT2D eigenvalue weighted by Gasteiger charge is -2.20. The Morgan fingerprint density at radius 2 is 2.10 bits per heavy atom. The van der Waals surface area contributed by atoms with E-state index >= 15 is 4.39 Å². The minimum Gasteiger partial charge on any atom is -0.496 e. The number of para-hydroxylation sites is 1. The molecule has 1 aromatic carbocycles. The van der Waals surface area contributed by atoms with E-state index < -0.39 is 11.7 Å². The second-order valence-electron chi connectivity index (χ2n) is 6.91. The first-order valence-electron chi connectivity index (χ1n) is 9.60. The SMILES string of the molecule is COc1ccccc1C(=O)n1nc(C2CCOCC2)c(F)c1NCc1ccc(Cl)s1. The van der Waals surface area contributed by atoms with Gasteiger partial charge in [-0.1, -0.05) is 23.7 Å². The van der Waals surface area contributed by atoms with Crippen LogP contribution in [-0.2, 0) is 11.3 Å². The number of ether oxygens (including phenoxy) is 2. The predicted molar refractivity (Wildman–Crippen MR) is 114 cm³/mol. The summed E-state index contributed by atoms with van der Waals surface area (Å²) in [4.78, 5) is 14.2. The van der Waals surface area contributed by atoms with Crippen molar-refractivity contribution in [1.82, 2.24) is 9.78 Å². The molecule has 6 nitrogen and oxygen atoms in total. The Balaban J connectivity index is 1.71. The summed E-state index contributed by atoms with van der Waals surface area (Å²) >= 11 is 7.39. The zero-order valence-corrected chi connectivity index (χ0v) is 17.9. The zero-order chi connectivity index (χ0) is 21.1. The summed E-state index contributed by atoms with van der Waals surface area (Å²) in [5.74, 6) is -0.620. The number of anilines is 1. The van der Waals surface area contributed by atoms with Crippen LogP contribution >= 0.6 is 22.9 Å². The smallest absolute Gasteiger partial charge is 0.283 e. The second-order valence-corrected chi connectivity index (χ2v) is 8.71. The van der Waals surface area contributed by atoms with Crippen LogP contribution in [0.4, 0.5) is 10.2 Å². The van der Waals surface area contributed by atoms with Crippen LogP contribution in [0.1, 0.15) is 39.7 Å². The summed E-state index contributed by atoms with van der Waals surface area (Å²) in [6.07, 6.45) is 1.33. The first-order chi connectivity index (χ1) is 14.6. The van der Waals surface area contributed by atoms with Crippen molar-refractivity contribution >= 4 is 34.7 Å². The van der Waals surface area contributed by atoms with Crippen molar-refractivity contribution in [3.8, 4) is 5.75 Å². The van der Waals surface area contributed by atoms with Crippen molar-refractivity contribution in [1.29, 1.82) is 0 Å². The van der Waals surface area contributed by atoms with Gasteiger partial charge in [-0.3, -0.25) is 4.79 Å². The highest BCUT2D eigenvalue weighted by Gasteiger charge is 2.30. The fourth-order valence-corrected chi connectivity index (χ4v) is 4.53. The lowest BCUT2D eigenvalue weighted by atomic mass is 9.96. The Kier molecular flexibility index (Phi) is 6.36. The van der Waals surface area contributed by atoms with Gasteiger partial charge in [-0.2, -0.15) is 9.78 Å². The predicted octanol–water partition coefficient (Wildman–Crippen LogP) is 4.94. The highest BCUT2D eigenvalue weighted by Crippen LogP contribution is 2.33. The standard InChI is InChI=1S/C21H21ClFN3O3S/c1-28-16-5-3-2-4-15(16)21(27)26-20(24-12-14-6-7-17(22)30-14)18(23)19(25-26)13-8-10-29-11-9-13/h2-7,13,24H,8-12H2,1H3. The van der Waals surface area contributed by atoms with Crippen molar-refractivity contribution in [2.75, 3.05) is 25.6 Å². The molecule has 1 fully saturated rings. The maximum absolute atomic E-state index is 15.5. The lowest BCUT2D eigenvalue weighted by Crippen LogP contribution is -2.19. The molecule has 2 aromatic heterocycles. The Labute approximate surface area is 182 Å². The number of aromatic nitrogens is 2. The minimum atomic E-state index is -0.507. The summed E-state index contributed by atoms with van der Waals surface area (Å²) in [6, 6.07) is 10.5. The summed E-state index contributed by atoms with van der Waals surface area (Å²) in [7, 11) is 1.49. The molecule has 0 amide bonds. The molecule has 4 rings (SSSR count). The summed E-state index contributed by atoms with van der Waals surface area (Å²) in [5.41, 5.74) is 0.594. The molecule has 0 spiro atoms. The molecule has 1 aliphatic heterocycles. The highest BCUT2D eigenvalue weighted by molar-refractivity contribution is 7.16. The quantitative estimate of drug-likeness (QED) is 0.577.